The van der Waals surface area contributed by atoms with Gasteiger partial charge in [0.15, 0.2) is 0 Å². The lowest BCUT2D eigenvalue weighted by atomic mass is 9.71. The molecule has 0 amide bonds. The van der Waals surface area contributed by atoms with Crippen LogP contribution in [0.5, 0.6) is 0 Å². The van der Waals surface area contributed by atoms with Gasteiger partial charge in [0, 0.05) is 11.8 Å². The van der Waals surface area contributed by atoms with Gasteiger partial charge in [-0.25, -0.2) is 0 Å². The predicted octanol–water partition coefficient (Wildman–Crippen LogP) is 3.71. The zero-order valence-electron chi connectivity index (χ0n) is 16.9. The third kappa shape index (κ3) is 3.97. The third-order valence-electron chi connectivity index (χ3n) is 6.71. The molecular weight excluding hydrogens is 438 g/mol. The van der Waals surface area contributed by atoms with Crippen LogP contribution < -0.4 is 0 Å². The Morgan fingerprint density at radius 3 is 2.26 bits per heavy atom. The first kappa shape index (κ1) is 23.6. The third-order valence-corrected chi connectivity index (χ3v) is 6.71. The fourth-order valence-electron chi connectivity index (χ4n) is 4.69. The van der Waals surface area contributed by atoms with Crippen LogP contribution in [0.4, 0.5) is 26.3 Å². The highest BCUT2D eigenvalue weighted by Crippen LogP contribution is 2.64. The van der Waals surface area contributed by atoms with Crippen LogP contribution in [-0.2, 0) is 28.6 Å². The monoisotopic (exact) mass is 460 g/mol. The number of alkyl halides is 6. The van der Waals surface area contributed by atoms with E-state index in [1.807, 2.05) is 0 Å². The van der Waals surface area contributed by atoms with Crippen molar-refractivity contribution in [2.24, 2.45) is 22.7 Å². The summed E-state index contributed by atoms with van der Waals surface area (Å²) in [6, 6.07) is 0. The Balaban J connectivity index is 1.72. The second-order valence-corrected chi connectivity index (χ2v) is 9.07. The fraction of sp³-hybridized carbons (Fsp3) is 0.842. The number of carbonyl (C=O) groups excluding carboxylic acids is 3. The van der Waals surface area contributed by atoms with E-state index < -0.39 is 77.7 Å². The van der Waals surface area contributed by atoms with Crippen LogP contribution in [0.1, 0.15) is 46.5 Å². The fourth-order valence-corrected chi connectivity index (χ4v) is 4.69. The summed E-state index contributed by atoms with van der Waals surface area (Å²) in [4.78, 5) is 36.9. The van der Waals surface area contributed by atoms with Crippen LogP contribution >= 0.6 is 0 Å². The summed E-state index contributed by atoms with van der Waals surface area (Å²) >= 11 is 0. The predicted molar refractivity (Wildman–Crippen MR) is 89.1 cm³/mol. The number of fused-ring (bicyclic) bond motifs is 1. The molecule has 2 aliphatic carbocycles. The first-order valence-electron chi connectivity index (χ1n) is 9.78. The average molecular weight is 460 g/mol. The van der Waals surface area contributed by atoms with Crippen LogP contribution in [-0.4, -0.2) is 48.6 Å². The van der Waals surface area contributed by atoms with Gasteiger partial charge in [-0.15, -0.1) is 0 Å². The summed E-state index contributed by atoms with van der Waals surface area (Å²) in [5.41, 5.74) is -2.35. The van der Waals surface area contributed by atoms with Gasteiger partial charge in [-0.05, 0) is 33.1 Å². The molecular formula is C19H22F6O6. The van der Waals surface area contributed by atoms with Crippen molar-refractivity contribution in [2.45, 2.75) is 77.1 Å². The molecule has 0 aromatic carbocycles. The average Bonchev–Trinajstić information content (AvgIpc) is 3.19. The minimum absolute atomic E-state index is 0.0463. The van der Waals surface area contributed by atoms with Crippen molar-refractivity contribution in [1.29, 1.82) is 0 Å². The van der Waals surface area contributed by atoms with Crippen LogP contribution in [0.3, 0.4) is 0 Å². The summed E-state index contributed by atoms with van der Waals surface area (Å²) in [6.07, 6.45) is -17.8. The molecule has 1 heterocycles. The normalized spacial score (nSPS) is 32.4. The Morgan fingerprint density at radius 2 is 1.74 bits per heavy atom. The summed E-state index contributed by atoms with van der Waals surface area (Å²) in [7, 11) is 0. The van der Waals surface area contributed by atoms with E-state index >= 15 is 0 Å². The van der Waals surface area contributed by atoms with E-state index in [0.717, 1.165) is 0 Å². The molecule has 5 unspecified atom stereocenters. The molecule has 0 spiro atoms. The molecule has 3 aliphatic rings. The number of carbonyl (C=O) groups is 3. The van der Waals surface area contributed by atoms with Gasteiger partial charge in [-0.1, -0.05) is 6.92 Å². The molecule has 2 bridgehead atoms. The van der Waals surface area contributed by atoms with Crippen molar-refractivity contribution in [3.63, 3.8) is 0 Å². The number of ether oxygens (including phenoxy) is 3. The maximum Gasteiger partial charge on any atom is 0.434 e. The van der Waals surface area contributed by atoms with Crippen LogP contribution in [0, 0.1) is 22.7 Å². The van der Waals surface area contributed by atoms with E-state index in [1.54, 1.807) is 20.8 Å². The molecule has 12 heteroatoms. The maximum absolute atomic E-state index is 12.7. The second-order valence-electron chi connectivity index (χ2n) is 9.07. The molecule has 0 aromatic rings. The molecule has 0 N–H and O–H groups in total. The second kappa shape index (κ2) is 7.26. The molecule has 3 rings (SSSR count). The SMILES string of the molecule is CCC(C)(C)C(=O)OC1C2CC3C1OC(=O)C3(CC(=O)OC(C(F)(F)F)C(F)(F)F)C2. The highest BCUT2D eigenvalue weighted by atomic mass is 19.4. The van der Waals surface area contributed by atoms with Crippen LogP contribution in [0.15, 0.2) is 0 Å². The molecule has 6 nitrogen and oxygen atoms in total. The van der Waals surface area contributed by atoms with Crippen LogP contribution in [0.2, 0.25) is 0 Å². The summed E-state index contributed by atoms with van der Waals surface area (Å²) < 4.78 is 90.5. The Morgan fingerprint density at radius 1 is 1.16 bits per heavy atom. The van der Waals surface area contributed by atoms with E-state index in [2.05, 4.69) is 4.74 Å². The van der Waals surface area contributed by atoms with Crippen molar-refractivity contribution < 1.29 is 54.9 Å². The highest BCUT2D eigenvalue weighted by molar-refractivity contribution is 5.87. The van der Waals surface area contributed by atoms with Gasteiger partial charge < -0.3 is 14.2 Å². The smallest absolute Gasteiger partial charge is 0.434 e. The van der Waals surface area contributed by atoms with E-state index in [0.29, 0.717) is 12.8 Å². The standard InChI is InChI=1S/C19H22F6O6/c1-4-16(2,3)14(27)30-11-8-5-9-12(11)31-15(28)17(9,6-8)7-10(26)29-13(18(20,21)22)19(23,24)25/h8-9,11-13H,4-7H2,1-3H3. The topological polar surface area (TPSA) is 78.9 Å². The van der Waals surface area contributed by atoms with Gasteiger partial charge in [0.25, 0.3) is 6.10 Å². The zero-order chi connectivity index (χ0) is 23.6. The van der Waals surface area contributed by atoms with Crippen molar-refractivity contribution in [3.05, 3.63) is 0 Å². The lowest BCUT2D eigenvalue weighted by Crippen LogP contribution is -2.47. The molecule has 176 valence electrons. The Labute approximate surface area is 173 Å². The van der Waals surface area contributed by atoms with Crippen molar-refractivity contribution in [2.75, 3.05) is 0 Å². The van der Waals surface area contributed by atoms with Gasteiger partial charge in [0.2, 0.25) is 0 Å². The van der Waals surface area contributed by atoms with E-state index in [4.69, 9.17) is 9.47 Å². The molecule has 2 saturated carbocycles. The van der Waals surface area contributed by atoms with Gasteiger partial charge in [-0.2, -0.15) is 26.3 Å². The minimum atomic E-state index is -5.84. The number of hydrogen-bond acceptors (Lipinski definition) is 6. The summed E-state index contributed by atoms with van der Waals surface area (Å²) in [5, 5.41) is 0. The first-order valence-corrected chi connectivity index (χ1v) is 9.78. The summed E-state index contributed by atoms with van der Waals surface area (Å²) in [5.74, 6) is -4.24. The summed E-state index contributed by atoms with van der Waals surface area (Å²) in [6.45, 7) is 5.16. The van der Waals surface area contributed by atoms with Crippen LogP contribution in [0.25, 0.3) is 0 Å². The Hall–Kier alpha value is -2.01. The van der Waals surface area contributed by atoms with E-state index in [1.165, 1.54) is 0 Å². The lowest BCUT2D eigenvalue weighted by Gasteiger charge is -2.33. The molecule has 1 saturated heterocycles. The Kier molecular flexibility index (Phi) is 5.54. The van der Waals surface area contributed by atoms with Crippen molar-refractivity contribution >= 4 is 17.9 Å². The van der Waals surface area contributed by atoms with Gasteiger partial charge in [-0.3, -0.25) is 14.4 Å². The molecule has 0 aromatic heterocycles. The molecule has 5 atom stereocenters. The number of halogens is 6. The molecule has 0 radical (unpaired) electrons. The quantitative estimate of drug-likeness (QED) is 0.342. The van der Waals surface area contributed by atoms with Gasteiger partial charge in [0.1, 0.15) is 12.2 Å². The maximum atomic E-state index is 12.7. The number of esters is 3. The Bertz CT molecular complexity index is 761. The largest absolute Gasteiger partial charge is 0.458 e. The van der Waals surface area contributed by atoms with Gasteiger partial charge in [0.05, 0.1) is 17.3 Å². The first-order chi connectivity index (χ1) is 14.0. The van der Waals surface area contributed by atoms with E-state index in [-0.39, 0.29) is 6.42 Å². The lowest BCUT2D eigenvalue weighted by molar-refractivity contribution is -0.313. The van der Waals surface area contributed by atoms with Crippen molar-refractivity contribution in [3.8, 4) is 0 Å². The highest BCUT2D eigenvalue weighted by Gasteiger charge is 2.72. The molecule has 3 fully saturated rings. The van der Waals surface area contributed by atoms with Gasteiger partial charge >= 0.3 is 30.3 Å². The molecule has 1 aliphatic heterocycles. The number of hydrogen-bond donors (Lipinski definition) is 0. The van der Waals surface area contributed by atoms with E-state index in [9.17, 15) is 40.7 Å². The van der Waals surface area contributed by atoms with Crippen molar-refractivity contribution in [1.82, 2.24) is 0 Å². The molecule has 31 heavy (non-hydrogen) atoms. The minimum Gasteiger partial charge on any atom is -0.458 e. The number of rotatable bonds is 6. The zero-order valence-corrected chi connectivity index (χ0v) is 16.9.